The first-order valence-electron chi connectivity index (χ1n) is 8.32. The molecule has 1 saturated carbocycles. The summed E-state index contributed by atoms with van der Waals surface area (Å²) in [6.45, 7) is 6.97. The maximum atomic E-state index is 12.3. The predicted octanol–water partition coefficient (Wildman–Crippen LogP) is 3.34. The van der Waals surface area contributed by atoms with Crippen molar-refractivity contribution in [1.82, 2.24) is 4.83 Å². The van der Waals surface area contributed by atoms with E-state index in [4.69, 9.17) is 4.74 Å². The van der Waals surface area contributed by atoms with Gasteiger partial charge in [-0.05, 0) is 66.9 Å². The zero-order chi connectivity index (χ0) is 17.4. The minimum Gasteiger partial charge on any atom is -0.494 e. The van der Waals surface area contributed by atoms with Crippen LogP contribution in [0.2, 0.25) is 0 Å². The first-order valence-corrected chi connectivity index (χ1v) is 9.80. The molecule has 24 heavy (non-hydrogen) atoms. The Kier molecular flexibility index (Phi) is 4.42. The molecule has 4 rings (SSSR count). The zero-order valence-electron chi connectivity index (χ0n) is 14.3. The van der Waals surface area contributed by atoms with Gasteiger partial charge in [-0.15, -0.1) is 0 Å². The zero-order valence-corrected chi connectivity index (χ0v) is 15.1. The Morgan fingerprint density at radius 2 is 2.04 bits per heavy atom. The molecule has 0 spiro atoms. The minimum absolute atomic E-state index is 0.171. The monoisotopic (exact) mass is 348 g/mol. The van der Waals surface area contributed by atoms with Crippen LogP contribution in [0.4, 0.5) is 0 Å². The number of rotatable bonds is 6. The van der Waals surface area contributed by atoms with Crippen LogP contribution < -0.4 is 9.57 Å². The average molecular weight is 348 g/mol. The average Bonchev–Trinajstić information content (AvgIpc) is 2.55. The summed E-state index contributed by atoms with van der Waals surface area (Å²) in [4.78, 5) is 2.47. The Morgan fingerprint density at radius 1 is 1.33 bits per heavy atom. The van der Waals surface area contributed by atoms with Crippen molar-refractivity contribution < 1.29 is 13.2 Å². The summed E-state index contributed by atoms with van der Waals surface area (Å²) in [5, 5.41) is 3.98. The fourth-order valence-electron chi connectivity index (χ4n) is 3.65. The maximum absolute atomic E-state index is 12.3. The predicted molar refractivity (Wildman–Crippen MR) is 94.5 cm³/mol. The van der Waals surface area contributed by atoms with E-state index >= 15 is 0 Å². The fourth-order valence-corrected chi connectivity index (χ4v) is 4.44. The molecule has 0 heterocycles. The number of nitrogens with one attached hydrogen (secondary N) is 1. The second-order valence-electron chi connectivity index (χ2n) is 7.00. The molecule has 2 unspecified atom stereocenters. The molecule has 0 radical (unpaired) electrons. The molecule has 130 valence electrons. The smallest absolute Gasteiger partial charge is 0.276 e. The van der Waals surface area contributed by atoms with E-state index in [1.54, 1.807) is 18.3 Å². The van der Waals surface area contributed by atoms with Crippen LogP contribution in [0, 0.1) is 17.3 Å². The SMILES string of the molecule is CCOc1ccc(S(=O)(=O)N/N=C/C2=CCC3CC2C3(C)C)cc1. The molecule has 0 saturated heterocycles. The summed E-state index contributed by atoms with van der Waals surface area (Å²) < 4.78 is 29.9. The molecule has 3 aliphatic carbocycles. The Balaban J connectivity index is 1.66. The quantitative estimate of drug-likeness (QED) is 0.633. The molecule has 1 N–H and O–H groups in total. The molecular weight excluding hydrogens is 324 g/mol. The Morgan fingerprint density at radius 3 is 2.62 bits per heavy atom. The van der Waals surface area contributed by atoms with E-state index in [-0.39, 0.29) is 4.90 Å². The molecule has 1 fully saturated rings. The lowest BCUT2D eigenvalue weighted by atomic mass is 9.49. The van der Waals surface area contributed by atoms with Gasteiger partial charge in [0.05, 0.1) is 17.7 Å². The van der Waals surface area contributed by atoms with Crippen molar-refractivity contribution in [3.8, 4) is 5.75 Å². The highest BCUT2D eigenvalue weighted by molar-refractivity contribution is 7.89. The van der Waals surface area contributed by atoms with Gasteiger partial charge in [-0.2, -0.15) is 13.5 Å². The minimum atomic E-state index is -3.66. The van der Waals surface area contributed by atoms with Crippen molar-refractivity contribution in [2.24, 2.45) is 22.4 Å². The number of hydrazone groups is 1. The van der Waals surface area contributed by atoms with E-state index in [1.165, 1.54) is 18.6 Å². The van der Waals surface area contributed by atoms with Crippen LogP contribution in [0.3, 0.4) is 0 Å². The third-order valence-corrected chi connectivity index (χ3v) is 6.58. The number of nitrogens with zero attached hydrogens (tertiary/aromatic N) is 1. The van der Waals surface area contributed by atoms with Gasteiger partial charge in [-0.3, -0.25) is 0 Å². The Hall–Kier alpha value is -1.82. The van der Waals surface area contributed by atoms with E-state index in [2.05, 4.69) is 29.9 Å². The van der Waals surface area contributed by atoms with Gasteiger partial charge in [0, 0.05) is 0 Å². The van der Waals surface area contributed by atoms with Crippen LogP contribution in [-0.2, 0) is 10.0 Å². The molecule has 5 nitrogen and oxygen atoms in total. The lowest BCUT2D eigenvalue weighted by Crippen LogP contribution is -2.48. The topological polar surface area (TPSA) is 67.8 Å². The van der Waals surface area contributed by atoms with Crippen LogP contribution in [0.1, 0.15) is 33.6 Å². The standard InChI is InChI=1S/C18H24N2O3S/c1-4-23-15-7-9-16(10-8-15)24(21,22)20-19-12-13-5-6-14-11-17(13)18(14,2)3/h5,7-10,12,14,17,20H,4,6,11H2,1-3H3/b19-12+. The number of hydrogen-bond donors (Lipinski definition) is 1. The van der Waals surface area contributed by atoms with E-state index in [0.717, 1.165) is 17.9 Å². The second kappa shape index (κ2) is 6.24. The summed E-state index contributed by atoms with van der Waals surface area (Å²) in [5.74, 6) is 1.88. The normalized spacial score (nSPS) is 25.0. The van der Waals surface area contributed by atoms with Crippen LogP contribution in [-0.4, -0.2) is 21.2 Å². The van der Waals surface area contributed by atoms with Crippen molar-refractivity contribution in [2.75, 3.05) is 6.61 Å². The molecule has 0 aliphatic heterocycles. The van der Waals surface area contributed by atoms with Gasteiger partial charge in [-0.1, -0.05) is 19.9 Å². The molecule has 2 bridgehead atoms. The van der Waals surface area contributed by atoms with Crippen molar-refractivity contribution in [3.05, 3.63) is 35.9 Å². The number of hydrogen-bond acceptors (Lipinski definition) is 4. The summed E-state index contributed by atoms with van der Waals surface area (Å²) in [6, 6.07) is 6.32. The molecule has 6 heteroatoms. The number of ether oxygens (including phenoxy) is 1. The maximum Gasteiger partial charge on any atom is 0.276 e. The van der Waals surface area contributed by atoms with Crippen molar-refractivity contribution >= 4 is 16.2 Å². The van der Waals surface area contributed by atoms with Crippen LogP contribution in [0.5, 0.6) is 5.75 Å². The third-order valence-electron chi connectivity index (χ3n) is 5.34. The van der Waals surface area contributed by atoms with Gasteiger partial charge in [0.2, 0.25) is 0 Å². The first kappa shape index (κ1) is 17.0. The van der Waals surface area contributed by atoms with Crippen molar-refractivity contribution in [2.45, 2.75) is 38.5 Å². The number of sulfonamides is 1. The highest BCUT2D eigenvalue weighted by Crippen LogP contribution is 2.58. The number of benzene rings is 1. The van der Waals surface area contributed by atoms with E-state index in [0.29, 0.717) is 23.7 Å². The van der Waals surface area contributed by atoms with Crippen LogP contribution in [0.15, 0.2) is 45.9 Å². The Labute approximate surface area is 143 Å². The molecule has 3 aliphatic rings. The van der Waals surface area contributed by atoms with Crippen molar-refractivity contribution in [1.29, 1.82) is 0 Å². The van der Waals surface area contributed by atoms with Gasteiger partial charge in [0.1, 0.15) is 5.75 Å². The highest BCUT2D eigenvalue weighted by atomic mass is 32.2. The third kappa shape index (κ3) is 3.07. The van der Waals surface area contributed by atoms with E-state index in [9.17, 15) is 8.42 Å². The first-order chi connectivity index (χ1) is 11.3. The largest absolute Gasteiger partial charge is 0.494 e. The molecule has 2 atom stereocenters. The molecule has 0 amide bonds. The summed E-state index contributed by atoms with van der Waals surface area (Å²) in [5.41, 5.74) is 1.43. The van der Waals surface area contributed by atoms with Gasteiger partial charge < -0.3 is 4.74 Å². The summed E-state index contributed by atoms with van der Waals surface area (Å²) >= 11 is 0. The second-order valence-corrected chi connectivity index (χ2v) is 8.66. The van der Waals surface area contributed by atoms with Crippen LogP contribution >= 0.6 is 0 Å². The number of allylic oxidation sites excluding steroid dienone is 2. The highest BCUT2D eigenvalue weighted by Gasteiger charge is 2.50. The lowest BCUT2D eigenvalue weighted by molar-refractivity contribution is -0.00125. The van der Waals surface area contributed by atoms with Gasteiger partial charge in [0.15, 0.2) is 0 Å². The molecule has 1 aromatic rings. The summed E-state index contributed by atoms with van der Waals surface area (Å²) in [6.07, 6.45) is 6.07. The van der Waals surface area contributed by atoms with Gasteiger partial charge >= 0.3 is 0 Å². The molecule has 1 aromatic carbocycles. The Bertz CT molecular complexity index is 764. The van der Waals surface area contributed by atoms with Gasteiger partial charge in [0.25, 0.3) is 10.0 Å². The molecule has 0 aromatic heterocycles. The van der Waals surface area contributed by atoms with E-state index < -0.39 is 10.0 Å². The van der Waals surface area contributed by atoms with Gasteiger partial charge in [-0.25, -0.2) is 4.83 Å². The summed E-state index contributed by atoms with van der Waals surface area (Å²) in [7, 11) is -3.66. The fraction of sp³-hybridized carbons (Fsp3) is 0.500. The van der Waals surface area contributed by atoms with E-state index in [1.807, 2.05) is 6.92 Å². The lowest BCUT2D eigenvalue weighted by Gasteiger charge is -2.55. The van der Waals surface area contributed by atoms with Crippen LogP contribution in [0.25, 0.3) is 0 Å². The van der Waals surface area contributed by atoms with Crippen molar-refractivity contribution in [3.63, 3.8) is 0 Å². The molecular formula is C18H24N2O3S. The number of fused-ring (bicyclic) bond motifs is 1.